The summed E-state index contributed by atoms with van der Waals surface area (Å²) in [5, 5.41) is 23.7. The van der Waals surface area contributed by atoms with Gasteiger partial charge in [-0.2, -0.15) is 0 Å². The minimum atomic E-state index is -1.68. The van der Waals surface area contributed by atoms with E-state index in [0.717, 1.165) is 0 Å². The quantitative estimate of drug-likeness (QED) is 0.269. The molecule has 4 saturated carbocycles. The molecule has 12 nitrogen and oxygen atoms in total. The van der Waals surface area contributed by atoms with Crippen LogP contribution in [0.2, 0.25) is 0 Å². The topological polar surface area (TPSA) is 172 Å². The molecule has 0 aliphatic heterocycles. The van der Waals surface area contributed by atoms with Crippen molar-refractivity contribution < 1.29 is 57.9 Å². The molecule has 0 radical (unpaired) electrons. The van der Waals surface area contributed by atoms with Crippen LogP contribution in [0.3, 0.4) is 0 Å². The van der Waals surface area contributed by atoms with E-state index in [-0.39, 0.29) is 24.8 Å². The Morgan fingerprint density at radius 2 is 1.19 bits per heavy atom. The molecule has 4 aliphatic rings. The minimum absolute atomic E-state index is 0.0466. The molecule has 2 N–H and O–H groups in total. The van der Waals surface area contributed by atoms with E-state index in [2.05, 4.69) is 6.58 Å². The van der Waals surface area contributed by atoms with E-state index < -0.39 is 100 Å². The first-order valence-electron chi connectivity index (χ1n) is 14.2. The van der Waals surface area contributed by atoms with Crippen molar-refractivity contribution in [2.45, 2.75) is 117 Å². The van der Waals surface area contributed by atoms with Gasteiger partial charge in [-0.25, -0.2) is 0 Å². The minimum Gasteiger partial charge on any atom is -0.462 e. The Hall–Kier alpha value is -2.99. The van der Waals surface area contributed by atoms with Crippen LogP contribution in [0.4, 0.5) is 0 Å². The molecule has 234 valence electrons. The number of aliphatic hydroxyl groups excluding tert-OH is 1. The van der Waals surface area contributed by atoms with Gasteiger partial charge in [-0.3, -0.25) is 24.0 Å². The lowest BCUT2D eigenvalue weighted by atomic mass is 9.37. The van der Waals surface area contributed by atoms with Crippen molar-refractivity contribution in [3.8, 4) is 0 Å². The highest BCUT2D eigenvalue weighted by Gasteiger charge is 2.81. The maximum absolute atomic E-state index is 12.7. The molecule has 4 rings (SSSR count). The Kier molecular flexibility index (Phi) is 7.85. The summed E-state index contributed by atoms with van der Waals surface area (Å²) >= 11 is 0. The van der Waals surface area contributed by atoms with Gasteiger partial charge >= 0.3 is 29.8 Å². The molecule has 1 spiro atoms. The fourth-order valence-corrected chi connectivity index (χ4v) is 9.54. The van der Waals surface area contributed by atoms with Gasteiger partial charge < -0.3 is 33.9 Å². The summed E-state index contributed by atoms with van der Waals surface area (Å²) in [6, 6.07) is 0. The molecule has 42 heavy (non-hydrogen) atoms. The highest BCUT2D eigenvalue weighted by Crippen LogP contribution is 2.74. The average Bonchev–Trinajstić information content (AvgIpc) is 2.95. The summed E-state index contributed by atoms with van der Waals surface area (Å²) < 4.78 is 29.3. The number of aliphatic hydroxyl groups is 2. The van der Waals surface area contributed by atoms with E-state index in [1.165, 1.54) is 34.6 Å². The molecule has 4 fully saturated rings. The molecule has 2 bridgehead atoms. The van der Waals surface area contributed by atoms with E-state index >= 15 is 0 Å². The smallest absolute Gasteiger partial charge is 0.303 e. The van der Waals surface area contributed by atoms with Crippen molar-refractivity contribution in [3.63, 3.8) is 0 Å². The van der Waals surface area contributed by atoms with Crippen LogP contribution < -0.4 is 0 Å². The van der Waals surface area contributed by atoms with Gasteiger partial charge in [-0.1, -0.05) is 27.4 Å². The Labute approximate surface area is 245 Å². The number of carbonyl (C=O) groups is 5. The SMILES string of the molecule is C=C1C(O)C23CC1(O)CC(OC(C)=O)C2C1(C)CC(OC(C)=O)C(OC(C)=O)C(C)(C)C1C(OC(C)=O)C3OC(C)=O. The van der Waals surface area contributed by atoms with E-state index in [1.807, 2.05) is 6.92 Å². The zero-order chi connectivity index (χ0) is 31.7. The number of fused-ring (bicyclic) bond motifs is 3. The van der Waals surface area contributed by atoms with Crippen LogP contribution >= 0.6 is 0 Å². The number of rotatable bonds is 5. The van der Waals surface area contributed by atoms with Crippen molar-refractivity contribution >= 4 is 29.8 Å². The third kappa shape index (κ3) is 4.70. The summed E-state index contributed by atoms with van der Waals surface area (Å²) in [5.74, 6) is -4.85. The van der Waals surface area contributed by atoms with Crippen molar-refractivity contribution in [3.05, 3.63) is 12.2 Å². The summed E-state index contributed by atoms with van der Waals surface area (Å²) in [4.78, 5) is 62.4. The average molecular weight is 595 g/mol. The normalized spacial score (nSPS) is 43.2. The van der Waals surface area contributed by atoms with Crippen molar-refractivity contribution in [2.75, 3.05) is 0 Å². The number of esters is 5. The molecule has 0 aromatic carbocycles. The van der Waals surface area contributed by atoms with E-state index in [4.69, 9.17) is 23.7 Å². The number of carbonyl (C=O) groups excluding carboxylic acids is 5. The highest BCUT2D eigenvalue weighted by atomic mass is 16.6. The van der Waals surface area contributed by atoms with Gasteiger partial charge in [0.15, 0.2) is 0 Å². The second kappa shape index (κ2) is 10.3. The molecular formula is C30H42O12. The highest BCUT2D eigenvalue weighted by molar-refractivity contribution is 5.69. The summed E-state index contributed by atoms with van der Waals surface area (Å²) in [5.41, 5.74) is -5.31. The lowest BCUT2D eigenvalue weighted by molar-refractivity contribution is -0.320. The molecule has 0 amide bonds. The molecular weight excluding hydrogens is 552 g/mol. The van der Waals surface area contributed by atoms with Gasteiger partial charge in [-0.05, 0) is 23.8 Å². The first-order valence-corrected chi connectivity index (χ1v) is 14.2. The van der Waals surface area contributed by atoms with Gasteiger partial charge in [0.2, 0.25) is 0 Å². The first-order chi connectivity index (χ1) is 19.2. The lowest BCUT2D eigenvalue weighted by Crippen LogP contribution is -2.77. The number of hydrogen-bond donors (Lipinski definition) is 2. The summed E-state index contributed by atoms with van der Waals surface area (Å²) in [7, 11) is 0. The third-order valence-corrected chi connectivity index (χ3v) is 10.1. The Balaban J connectivity index is 2.08. The van der Waals surface area contributed by atoms with E-state index in [0.29, 0.717) is 0 Å². The standard InChI is InChI=1S/C30H42O12/c1-13-24(36)30-12-29(13,37)11-19(38-14(2)31)22(30)28(9)10-20(39-15(3)32)25(41-17(5)34)27(7,8)23(28)21(40-16(4)33)26(30)42-18(6)35/h19-26,36-37H,1,10-12H2,2-9H3. The molecule has 0 heterocycles. The number of ether oxygens (including phenoxy) is 5. The van der Waals surface area contributed by atoms with E-state index in [1.54, 1.807) is 13.8 Å². The maximum Gasteiger partial charge on any atom is 0.303 e. The van der Waals surface area contributed by atoms with Gasteiger partial charge in [0.05, 0.1) is 17.1 Å². The van der Waals surface area contributed by atoms with Gasteiger partial charge in [0.1, 0.15) is 30.5 Å². The van der Waals surface area contributed by atoms with E-state index in [9.17, 15) is 34.2 Å². The predicted molar refractivity (Wildman–Crippen MR) is 143 cm³/mol. The van der Waals surface area contributed by atoms with Crippen LogP contribution in [0, 0.1) is 28.1 Å². The van der Waals surface area contributed by atoms with Crippen LogP contribution in [0.15, 0.2) is 12.2 Å². The van der Waals surface area contributed by atoms with Crippen molar-refractivity contribution in [1.29, 1.82) is 0 Å². The fourth-order valence-electron chi connectivity index (χ4n) is 9.54. The molecule has 11 atom stereocenters. The van der Waals surface area contributed by atoms with Crippen LogP contribution in [0.1, 0.15) is 74.7 Å². The second-order valence-electron chi connectivity index (χ2n) is 13.4. The summed E-state index contributed by atoms with van der Waals surface area (Å²) in [6.07, 6.45) is -7.11. The van der Waals surface area contributed by atoms with Crippen LogP contribution in [0.5, 0.6) is 0 Å². The van der Waals surface area contributed by atoms with Gasteiger partial charge in [0.25, 0.3) is 0 Å². The Morgan fingerprint density at radius 1 is 0.714 bits per heavy atom. The molecule has 0 aromatic rings. The third-order valence-electron chi connectivity index (χ3n) is 10.1. The second-order valence-corrected chi connectivity index (χ2v) is 13.4. The van der Waals surface area contributed by atoms with Crippen LogP contribution in [0.25, 0.3) is 0 Å². The zero-order valence-corrected chi connectivity index (χ0v) is 25.4. The predicted octanol–water partition coefficient (Wildman–Crippen LogP) is 1.77. The van der Waals surface area contributed by atoms with Crippen LogP contribution in [-0.4, -0.2) is 82.3 Å². The number of hydrogen-bond acceptors (Lipinski definition) is 12. The van der Waals surface area contributed by atoms with Gasteiger partial charge in [-0.15, -0.1) is 0 Å². The van der Waals surface area contributed by atoms with Gasteiger partial charge in [0, 0.05) is 58.3 Å². The summed E-state index contributed by atoms with van der Waals surface area (Å²) in [6.45, 7) is 15.5. The first kappa shape index (κ1) is 31.9. The van der Waals surface area contributed by atoms with Crippen LogP contribution in [-0.2, 0) is 47.7 Å². The maximum atomic E-state index is 12.7. The Morgan fingerprint density at radius 3 is 1.69 bits per heavy atom. The largest absolute Gasteiger partial charge is 0.462 e. The van der Waals surface area contributed by atoms with Crippen molar-refractivity contribution in [2.24, 2.45) is 28.1 Å². The monoisotopic (exact) mass is 594 g/mol. The Bertz CT molecular complexity index is 1210. The molecule has 0 saturated heterocycles. The lowest BCUT2D eigenvalue weighted by Gasteiger charge is -2.69. The molecule has 12 heteroatoms. The molecule has 0 aromatic heterocycles. The molecule has 4 aliphatic carbocycles. The molecule has 11 unspecified atom stereocenters. The van der Waals surface area contributed by atoms with Crippen molar-refractivity contribution in [1.82, 2.24) is 0 Å². The zero-order valence-electron chi connectivity index (χ0n) is 25.4. The fraction of sp³-hybridized carbons (Fsp3) is 0.767.